The molecule has 0 saturated carbocycles. The van der Waals surface area contributed by atoms with Crippen molar-refractivity contribution in [1.82, 2.24) is 4.90 Å². The molecule has 3 aromatic carbocycles. The van der Waals surface area contributed by atoms with Crippen molar-refractivity contribution in [2.45, 2.75) is 51.0 Å². The third-order valence-corrected chi connectivity index (χ3v) is 8.94. The minimum Gasteiger partial charge on any atom is -0.468 e. The smallest absolute Gasteiger partial charge is 0.337 e. The molecular formula is C36H39N3O6. The molecule has 2 aliphatic heterocycles. The number of non-ortho nitro benzene ring substituents is 1. The summed E-state index contributed by atoms with van der Waals surface area (Å²) in [5, 5.41) is 11.6. The van der Waals surface area contributed by atoms with Gasteiger partial charge in [-0.3, -0.25) is 24.8 Å². The first-order chi connectivity index (χ1) is 21.6. The second-order valence-corrected chi connectivity index (χ2v) is 12.1. The Labute approximate surface area is 263 Å². The van der Waals surface area contributed by atoms with Gasteiger partial charge in [-0.1, -0.05) is 72.8 Å². The van der Waals surface area contributed by atoms with Crippen molar-refractivity contribution in [3.05, 3.63) is 123 Å². The molecule has 234 valence electrons. The average Bonchev–Trinajstić information content (AvgIpc) is 3.41. The van der Waals surface area contributed by atoms with Gasteiger partial charge in [0.2, 0.25) is 0 Å². The van der Waals surface area contributed by atoms with Gasteiger partial charge in [-0.15, -0.1) is 0 Å². The second-order valence-electron chi connectivity index (χ2n) is 12.1. The first-order valence-electron chi connectivity index (χ1n) is 15.2. The van der Waals surface area contributed by atoms with E-state index in [1.54, 1.807) is 26.0 Å². The van der Waals surface area contributed by atoms with E-state index in [1.807, 2.05) is 19.1 Å². The zero-order chi connectivity index (χ0) is 32.1. The molecule has 9 heteroatoms. The molecule has 0 aliphatic carbocycles. The van der Waals surface area contributed by atoms with E-state index < -0.39 is 34.3 Å². The molecule has 1 unspecified atom stereocenters. The number of hydrogen-bond acceptors (Lipinski definition) is 8. The van der Waals surface area contributed by atoms with Gasteiger partial charge in [-0.25, -0.2) is 4.79 Å². The Morgan fingerprint density at radius 2 is 1.67 bits per heavy atom. The quantitative estimate of drug-likeness (QED) is 0.148. The van der Waals surface area contributed by atoms with Gasteiger partial charge in [0.25, 0.3) is 5.69 Å². The number of esters is 2. The summed E-state index contributed by atoms with van der Waals surface area (Å²) in [5.41, 5.74) is 3.18. The van der Waals surface area contributed by atoms with Crippen molar-refractivity contribution in [2.75, 3.05) is 26.7 Å². The van der Waals surface area contributed by atoms with Crippen molar-refractivity contribution >= 4 is 23.3 Å². The molecular weight excluding hydrogens is 570 g/mol. The third kappa shape index (κ3) is 7.04. The summed E-state index contributed by atoms with van der Waals surface area (Å²) in [5.74, 6) is -2.69. The SMILES string of the molecule is COC(=O)C1C(C)=NC(C)=C(C(=O)O[C@]2(C)CCN(CCC(c3ccccc3)c3ccccc3)C2)[C@H]1c1cccc([N+](=O)[O-])c1. The first kappa shape index (κ1) is 31.8. The summed E-state index contributed by atoms with van der Waals surface area (Å²) < 4.78 is 11.3. The van der Waals surface area contributed by atoms with Gasteiger partial charge < -0.3 is 9.47 Å². The van der Waals surface area contributed by atoms with E-state index in [2.05, 4.69) is 58.4 Å². The molecule has 0 radical (unpaired) electrons. The van der Waals surface area contributed by atoms with E-state index in [9.17, 15) is 19.7 Å². The van der Waals surface area contributed by atoms with Gasteiger partial charge in [-0.2, -0.15) is 0 Å². The highest BCUT2D eigenvalue weighted by Gasteiger charge is 2.45. The van der Waals surface area contributed by atoms with Gasteiger partial charge in [0.05, 0.1) is 17.6 Å². The standard InChI is InChI=1S/C36H39N3O6/c1-24-31(34(40)44-4)33(28-16-11-17-29(22-28)39(42)43)32(25(2)37-24)35(41)45-36(3)19-21-38(23-36)20-18-30(26-12-7-5-8-13-26)27-14-9-6-10-15-27/h5-17,22,30-31,33H,18-21,23H2,1-4H3/t31?,33-,36+/m0/s1. The van der Waals surface area contributed by atoms with Gasteiger partial charge in [0.1, 0.15) is 11.5 Å². The van der Waals surface area contributed by atoms with Crippen LogP contribution in [-0.2, 0) is 19.1 Å². The van der Waals surface area contributed by atoms with E-state index >= 15 is 0 Å². The number of allylic oxidation sites excluding steroid dienone is 1. The number of benzene rings is 3. The molecule has 5 rings (SSSR count). The molecule has 0 N–H and O–H groups in total. The number of nitro benzene ring substituents is 1. The van der Waals surface area contributed by atoms with Crippen LogP contribution in [0.1, 0.15) is 62.1 Å². The van der Waals surface area contributed by atoms with Crippen LogP contribution in [0.5, 0.6) is 0 Å². The lowest BCUT2D eigenvalue weighted by molar-refractivity contribution is -0.384. The summed E-state index contributed by atoms with van der Waals surface area (Å²) in [6.45, 7) is 7.50. The van der Waals surface area contributed by atoms with Crippen LogP contribution in [0.25, 0.3) is 0 Å². The number of methoxy groups -OCH3 is 1. The van der Waals surface area contributed by atoms with Gasteiger partial charge in [0, 0.05) is 54.9 Å². The Balaban J connectivity index is 1.35. The fourth-order valence-corrected chi connectivity index (χ4v) is 6.71. The van der Waals surface area contributed by atoms with E-state index in [0.717, 1.165) is 19.5 Å². The van der Waals surface area contributed by atoms with Crippen LogP contribution in [-0.4, -0.2) is 59.8 Å². The summed E-state index contributed by atoms with van der Waals surface area (Å²) in [4.78, 5) is 45.0. The molecule has 2 aliphatic rings. The number of likely N-dealkylation sites (tertiary alicyclic amines) is 1. The van der Waals surface area contributed by atoms with Crippen LogP contribution in [0, 0.1) is 16.0 Å². The highest BCUT2D eigenvalue weighted by molar-refractivity contribution is 6.07. The monoisotopic (exact) mass is 609 g/mol. The van der Waals surface area contributed by atoms with Crippen molar-refractivity contribution < 1.29 is 24.0 Å². The molecule has 0 aromatic heterocycles. The van der Waals surface area contributed by atoms with Crippen LogP contribution < -0.4 is 0 Å². The maximum absolute atomic E-state index is 14.0. The summed E-state index contributed by atoms with van der Waals surface area (Å²) in [6.07, 6.45) is 1.56. The minimum absolute atomic E-state index is 0.135. The molecule has 0 spiro atoms. The van der Waals surface area contributed by atoms with Crippen LogP contribution in [0.15, 0.2) is 101 Å². The summed E-state index contributed by atoms with van der Waals surface area (Å²) >= 11 is 0. The Morgan fingerprint density at radius 1 is 1.02 bits per heavy atom. The van der Waals surface area contributed by atoms with E-state index in [4.69, 9.17) is 9.47 Å². The molecule has 2 heterocycles. The molecule has 3 aromatic rings. The van der Waals surface area contributed by atoms with Crippen LogP contribution in [0.2, 0.25) is 0 Å². The van der Waals surface area contributed by atoms with Gasteiger partial charge in [0.15, 0.2) is 0 Å². The Hall–Kier alpha value is -4.63. The second kappa shape index (κ2) is 13.6. The van der Waals surface area contributed by atoms with Crippen molar-refractivity contribution in [3.63, 3.8) is 0 Å². The predicted octanol–water partition coefficient (Wildman–Crippen LogP) is 6.45. The zero-order valence-corrected chi connectivity index (χ0v) is 26.1. The van der Waals surface area contributed by atoms with Crippen molar-refractivity contribution in [3.8, 4) is 0 Å². The third-order valence-electron chi connectivity index (χ3n) is 8.94. The molecule has 3 atom stereocenters. The average molecular weight is 610 g/mol. The molecule has 1 fully saturated rings. The highest BCUT2D eigenvalue weighted by atomic mass is 16.6. The lowest BCUT2D eigenvalue weighted by Gasteiger charge is -2.33. The Kier molecular flexibility index (Phi) is 9.58. The lowest BCUT2D eigenvalue weighted by atomic mass is 9.75. The summed E-state index contributed by atoms with van der Waals surface area (Å²) in [7, 11) is 1.28. The lowest BCUT2D eigenvalue weighted by Crippen LogP contribution is -2.40. The zero-order valence-electron chi connectivity index (χ0n) is 26.1. The Bertz CT molecular complexity index is 1580. The number of rotatable bonds is 10. The normalized spacial score (nSPS) is 21.8. The number of carbonyl (C=O) groups excluding carboxylic acids is 2. The molecule has 0 amide bonds. The highest BCUT2D eigenvalue weighted by Crippen LogP contribution is 2.42. The maximum atomic E-state index is 14.0. The van der Waals surface area contributed by atoms with E-state index in [1.165, 1.54) is 30.4 Å². The topological polar surface area (TPSA) is 111 Å². The van der Waals surface area contributed by atoms with Crippen molar-refractivity contribution in [1.29, 1.82) is 0 Å². The minimum atomic E-state index is -0.927. The van der Waals surface area contributed by atoms with Crippen LogP contribution >= 0.6 is 0 Å². The number of aliphatic imine (C=N–C) groups is 1. The number of carbonyl (C=O) groups is 2. The molecule has 0 bridgehead atoms. The molecule has 1 saturated heterocycles. The maximum Gasteiger partial charge on any atom is 0.337 e. The predicted molar refractivity (Wildman–Crippen MR) is 172 cm³/mol. The van der Waals surface area contributed by atoms with Gasteiger partial charge in [-0.05, 0) is 50.4 Å². The number of hydrogen-bond donors (Lipinski definition) is 0. The van der Waals surface area contributed by atoms with E-state index in [0.29, 0.717) is 29.9 Å². The van der Waals surface area contributed by atoms with Crippen LogP contribution in [0.3, 0.4) is 0 Å². The number of nitro groups is 1. The fraction of sp³-hybridized carbons (Fsp3) is 0.361. The first-order valence-corrected chi connectivity index (χ1v) is 15.2. The summed E-state index contributed by atoms with van der Waals surface area (Å²) in [6, 6.07) is 27.0. The largest absolute Gasteiger partial charge is 0.468 e. The van der Waals surface area contributed by atoms with E-state index in [-0.39, 0.29) is 17.2 Å². The Morgan fingerprint density at radius 3 is 2.27 bits per heavy atom. The van der Waals surface area contributed by atoms with Crippen molar-refractivity contribution in [2.24, 2.45) is 10.9 Å². The number of nitrogens with zero attached hydrogens (tertiary/aromatic N) is 3. The molecule has 45 heavy (non-hydrogen) atoms. The molecule has 9 nitrogen and oxygen atoms in total. The van der Waals surface area contributed by atoms with Gasteiger partial charge >= 0.3 is 11.9 Å². The number of ether oxygens (including phenoxy) is 2. The van der Waals surface area contributed by atoms with Crippen LogP contribution in [0.4, 0.5) is 5.69 Å². The fourth-order valence-electron chi connectivity index (χ4n) is 6.71.